The third kappa shape index (κ3) is 5.98. The van der Waals surface area contributed by atoms with Crippen LogP contribution in [0, 0.1) is 17.4 Å². The number of aryl methyl sites for hydroxylation is 2. The number of hydrogen-bond donors (Lipinski definition) is 1. The van der Waals surface area contributed by atoms with Gasteiger partial charge in [0.1, 0.15) is 0 Å². The number of benzene rings is 2. The van der Waals surface area contributed by atoms with Gasteiger partial charge in [0.2, 0.25) is 15.9 Å². The Morgan fingerprint density at radius 3 is 2.50 bits per heavy atom. The van der Waals surface area contributed by atoms with Gasteiger partial charge in [0, 0.05) is 22.2 Å². The zero-order valence-electron chi connectivity index (χ0n) is 15.1. The number of amides is 1. The molecule has 0 aliphatic heterocycles. The molecule has 0 aliphatic carbocycles. The summed E-state index contributed by atoms with van der Waals surface area (Å²) in [6, 6.07) is 13.2. The third-order valence-corrected chi connectivity index (χ3v) is 5.78. The highest BCUT2D eigenvalue weighted by atomic mass is 127. The van der Waals surface area contributed by atoms with E-state index in [1.54, 1.807) is 6.07 Å². The summed E-state index contributed by atoms with van der Waals surface area (Å²) in [4.78, 5) is 12.2. The highest BCUT2D eigenvalue weighted by Gasteiger charge is 2.17. The van der Waals surface area contributed by atoms with Crippen LogP contribution < -0.4 is 9.62 Å². The van der Waals surface area contributed by atoms with Gasteiger partial charge in [-0.1, -0.05) is 12.1 Å². The normalized spacial score (nSPS) is 11.2. The van der Waals surface area contributed by atoms with Gasteiger partial charge in [-0.05, 0) is 84.3 Å². The number of halogens is 1. The van der Waals surface area contributed by atoms with E-state index < -0.39 is 10.0 Å². The number of anilines is 2. The summed E-state index contributed by atoms with van der Waals surface area (Å²) < 4.78 is 26.7. The summed E-state index contributed by atoms with van der Waals surface area (Å²) in [6.07, 6.45) is 1.88. The quantitative estimate of drug-likeness (QED) is 0.600. The Balaban J connectivity index is 1.98. The Hall–Kier alpha value is -1.61. The van der Waals surface area contributed by atoms with Gasteiger partial charge in [-0.2, -0.15) is 0 Å². The summed E-state index contributed by atoms with van der Waals surface area (Å²) in [5, 5.41) is 2.89. The fourth-order valence-corrected chi connectivity index (χ4v) is 4.24. The number of nitrogens with one attached hydrogen (secondary N) is 1. The Bertz CT molecular complexity index is 897. The fourth-order valence-electron chi connectivity index (χ4n) is 2.63. The molecule has 0 fully saturated rings. The topological polar surface area (TPSA) is 66.5 Å². The number of rotatable bonds is 7. The molecule has 5 nitrogen and oxygen atoms in total. The summed E-state index contributed by atoms with van der Waals surface area (Å²) in [5.41, 5.74) is 3.40. The van der Waals surface area contributed by atoms with E-state index in [4.69, 9.17) is 0 Å². The van der Waals surface area contributed by atoms with Gasteiger partial charge in [-0.15, -0.1) is 0 Å². The molecule has 0 atom stereocenters. The Labute approximate surface area is 169 Å². The minimum Gasteiger partial charge on any atom is -0.326 e. The molecule has 0 radical (unpaired) electrons. The largest absolute Gasteiger partial charge is 0.326 e. The highest BCUT2D eigenvalue weighted by molar-refractivity contribution is 14.1. The van der Waals surface area contributed by atoms with Crippen molar-refractivity contribution in [1.29, 1.82) is 0 Å². The first-order chi connectivity index (χ1) is 12.2. The predicted molar refractivity (Wildman–Crippen MR) is 115 cm³/mol. The average molecular weight is 486 g/mol. The molecule has 1 amide bonds. The van der Waals surface area contributed by atoms with Crippen molar-refractivity contribution in [1.82, 2.24) is 0 Å². The van der Waals surface area contributed by atoms with E-state index in [1.165, 1.54) is 10.6 Å². The van der Waals surface area contributed by atoms with E-state index >= 15 is 0 Å². The first-order valence-corrected chi connectivity index (χ1v) is 11.2. The molecule has 26 heavy (non-hydrogen) atoms. The van der Waals surface area contributed by atoms with Crippen molar-refractivity contribution in [2.45, 2.75) is 26.7 Å². The molecule has 0 unspecified atom stereocenters. The van der Waals surface area contributed by atoms with E-state index in [-0.39, 0.29) is 18.9 Å². The number of hydrogen-bond acceptors (Lipinski definition) is 3. The number of nitrogens with zero attached hydrogens (tertiary/aromatic N) is 1. The molecule has 2 rings (SSSR count). The molecule has 2 aromatic carbocycles. The minimum absolute atomic E-state index is 0.119. The van der Waals surface area contributed by atoms with Crippen molar-refractivity contribution >= 4 is 49.9 Å². The monoisotopic (exact) mass is 486 g/mol. The summed E-state index contributed by atoms with van der Waals surface area (Å²) >= 11 is 2.23. The van der Waals surface area contributed by atoms with Crippen LogP contribution in [0.15, 0.2) is 42.5 Å². The zero-order valence-corrected chi connectivity index (χ0v) is 18.1. The van der Waals surface area contributed by atoms with Crippen LogP contribution in [-0.4, -0.2) is 27.1 Å². The molecule has 0 heterocycles. The van der Waals surface area contributed by atoms with Gasteiger partial charge < -0.3 is 5.32 Å². The van der Waals surface area contributed by atoms with Crippen LogP contribution in [-0.2, 0) is 14.8 Å². The second kappa shape index (κ2) is 8.85. The van der Waals surface area contributed by atoms with E-state index in [0.29, 0.717) is 12.1 Å². The van der Waals surface area contributed by atoms with E-state index in [9.17, 15) is 13.2 Å². The van der Waals surface area contributed by atoms with E-state index in [1.807, 2.05) is 50.2 Å². The molecule has 2 aromatic rings. The van der Waals surface area contributed by atoms with Crippen LogP contribution in [0.25, 0.3) is 0 Å². The SMILES string of the molecule is Cc1cccc(N(CCCC(=O)Nc2ccc(I)cc2C)S(C)(=O)=O)c1. The van der Waals surface area contributed by atoms with E-state index in [0.717, 1.165) is 20.4 Å². The second-order valence-corrected chi connectivity index (χ2v) is 9.44. The number of carbonyl (C=O) groups is 1. The predicted octanol–water partition coefficient (Wildman–Crippen LogP) is 4.09. The maximum Gasteiger partial charge on any atom is 0.232 e. The van der Waals surface area contributed by atoms with Crippen molar-refractivity contribution in [3.63, 3.8) is 0 Å². The molecule has 0 bridgehead atoms. The maximum absolute atomic E-state index is 12.2. The zero-order chi connectivity index (χ0) is 19.3. The van der Waals surface area contributed by atoms with Crippen LogP contribution in [0.5, 0.6) is 0 Å². The summed E-state index contributed by atoms with van der Waals surface area (Å²) in [5.74, 6) is -0.119. The lowest BCUT2D eigenvalue weighted by Crippen LogP contribution is -2.31. The number of sulfonamides is 1. The Morgan fingerprint density at radius 2 is 1.88 bits per heavy atom. The van der Waals surface area contributed by atoms with Gasteiger partial charge in [0.05, 0.1) is 11.9 Å². The fraction of sp³-hybridized carbons (Fsp3) is 0.316. The molecule has 1 N–H and O–H groups in total. The summed E-state index contributed by atoms with van der Waals surface area (Å²) in [7, 11) is -3.40. The van der Waals surface area contributed by atoms with Gasteiger partial charge in [0.15, 0.2) is 0 Å². The molecule has 0 aromatic heterocycles. The van der Waals surface area contributed by atoms with Gasteiger partial charge in [-0.3, -0.25) is 9.10 Å². The van der Waals surface area contributed by atoms with Gasteiger partial charge >= 0.3 is 0 Å². The van der Waals surface area contributed by atoms with Gasteiger partial charge in [0.25, 0.3) is 0 Å². The van der Waals surface area contributed by atoms with Crippen molar-refractivity contribution in [2.24, 2.45) is 0 Å². The molecular weight excluding hydrogens is 463 g/mol. The molecule has 140 valence electrons. The van der Waals surface area contributed by atoms with E-state index in [2.05, 4.69) is 27.9 Å². The highest BCUT2D eigenvalue weighted by Crippen LogP contribution is 2.20. The third-order valence-electron chi connectivity index (χ3n) is 3.92. The first-order valence-electron chi connectivity index (χ1n) is 8.27. The minimum atomic E-state index is -3.40. The molecule has 0 spiro atoms. The lowest BCUT2D eigenvalue weighted by atomic mass is 10.2. The van der Waals surface area contributed by atoms with Crippen molar-refractivity contribution in [3.8, 4) is 0 Å². The molecule has 0 saturated heterocycles. The van der Waals surface area contributed by atoms with Crippen LogP contribution in [0.2, 0.25) is 0 Å². The van der Waals surface area contributed by atoms with Crippen LogP contribution in [0.4, 0.5) is 11.4 Å². The first kappa shape index (κ1) is 20.7. The number of carbonyl (C=O) groups excluding carboxylic acids is 1. The van der Waals surface area contributed by atoms with Crippen LogP contribution in [0.1, 0.15) is 24.0 Å². The molecule has 0 aliphatic rings. The van der Waals surface area contributed by atoms with Crippen LogP contribution in [0.3, 0.4) is 0 Å². The van der Waals surface area contributed by atoms with Crippen LogP contribution >= 0.6 is 22.6 Å². The van der Waals surface area contributed by atoms with Crippen molar-refractivity contribution in [2.75, 3.05) is 22.4 Å². The lowest BCUT2D eigenvalue weighted by molar-refractivity contribution is -0.116. The summed E-state index contributed by atoms with van der Waals surface area (Å²) in [6.45, 7) is 4.13. The second-order valence-electron chi connectivity index (χ2n) is 6.29. The molecule has 7 heteroatoms. The molecular formula is C19H23IN2O3S. The standard InChI is InChI=1S/C19H23IN2O3S/c1-14-6-4-7-17(12-14)22(26(3,24)25)11-5-8-19(23)21-18-10-9-16(20)13-15(18)2/h4,6-7,9-10,12-13H,5,8,11H2,1-3H3,(H,21,23). The van der Waals surface area contributed by atoms with Crippen molar-refractivity contribution < 1.29 is 13.2 Å². The van der Waals surface area contributed by atoms with Crippen molar-refractivity contribution in [3.05, 3.63) is 57.2 Å². The molecule has 0 saturated carbocycles. The smallest absolute Gasteiger partial charge is 0.232 e. The lowest BCUT2D eigenvalue weighted by Gasteiger charge is -2.22. The van der Waals surface area contributed by atoms with Gasteiger partial charge in [-0.25, -0.2) is 8.42 Å². The Kier molecular flexibility index (Phi) is 7.05. The Morgan fingerprint density at radius 1 is 1.15 bits per heavy atom. The average Bonchev–Trinajstić information content (AvgIpc) is 2.53. The maximum atomic E-state index is 12.2.